The molecule has 4 nitrogen and oxygen atoms in total. The number of halogens is 1. The van der Waals surface area contributed by atoms with Crippen LogP contribution < -0.4 is 14.8 Å². The molecule has 1 N–H and O–H groups in total. The molecule has 0 radical (unpaired) electrons. The van der Waals surface area contributed by atoms with E-state index in [0.29, 0.717) is 30.4 Å². The zero-order valence-corrected chi connectivity index (χ0v) is 14.7. The average Bonchev–Trinajstić information content (AvgIpc) is 2.46. The molecule has 0 saturated carbocycles. The summed E-state index contributed by atoms with van der Waals surface area (Å²) in [6, 6.07) is 3.82. The zero-order valence-electron chi connectivity index (χ0n) is 13.2. The largest absolute Gasteiger partial charge is 0.493 e. The van der Waals surface area contributed by atoms with Gasteiger partial charge in [-0.05, 0) is 36.5 Å². The van der Waals surface area contributed by atoms with Crippen LogP contribution in [0.3, 0.4) is 0 Å². The Morgan fingerprint density at radius 1 is 1.24 bits per heavy atom. The summed E-state index contributed by atoms with van der Waals surface area (Å²) in [5, 5.41) is 2.95. The van der Waals surface area contributed by atoms with E-state index in [0.717, 1.165) is 22.9 Å². The molecule has 0 heterocycles. The van der Waals surface area contributed by atoms with Gasteiger partial charge in [-0.1, -0.05) is 29.8 Å². The Morgan fingerprint density at radius 2 is 1.86 bits per heavy atom. The van der Waals surface area contributed by atoms with Crippen molar-refractivity contribution in [1.82, 2.24) is 5.32 Å². The highest BCUT2D eigenvalue weighted by atomic mass is 79.9. The normalized spacial score (nSPS) is 10.6. The maximum atomic E-state index is 11.7. The molecule has 0 aliphatic rings. The van der Waals surface area contributed by atoms with E-state index in [9.17, 15) is 4.79 Å². The van der Waals surface area contributed by atoms with Crippen molar-refractivity contribution in [1.29, 1.82) is 0 Å². The van der Waals surface area contributed by atoms with Crippen LogP contribution in [0.2, 0.25) is 0 Å². The van der Waals surface area contributed by atoms with Crippen LogP contribution in [0.15, 0.2) is 16.6 Å². The van der Waals surface area contributed by atoms with Gasteiger partial charge in [0.25, 0.3) is 0 Å². The van der Waals surface area contributed by atoms with Gasteiger partial charge in [0, 0.05) is 17.4 Å². The van der Waals surface area contributed by atoms with E-state index in [1.165, 1.54) is 0 Å². The molecule has 0 aliphatic carbocycles. The van der Waals surface area contributed by atoms with Gasteiger partial charge in [0.2, 0.25) is 5.91 Å². The maximum Gasteiger partial charge on any atom is 0.220 e. The average molecular weight is 358 g/mol. The molecule has 0 unspecified atom stereocenters. The summed E-state index contributed by atoms with van der Waals surface area (Å²) < 4.78 is 11.5. The van der Waals surface area contributed by atoms with E-state index in [4.69, 9.17) is 9.47 Å². The molecule has 0 saturated heterocycles. The van der Waals surface area contributed by atoms with Crippen molar-refractivity contribution in [3.8, 4) is 11.5 Å². The Hall–Kier alpha value is -1.23. The lowest BCUT2D eigenvalue weighted by atomic mass is 10.1. The van der Waals surface area contributed by atoms with Crippen LogP contribution in [0.5, 0.6) is 11.5 Å². The molecule has 0 spiro atoms. The van der Waals surface area contributed by atoms with Crippen molar-refractivity contribution in [3.63, 3.8) is 0 Å². The number of ether oxygens (including phenoxy) is 2. The summed E-state index contributed by atoms with van der Waals surface area (Å²) in [4.78, 5) is 11.7. The molecular formula is C16H24BrNO3. The minimum absolute atomic E-state index is 0.111. The summed E-state index contributed by atoms with van der Waals surface area (Å²) >= 11 is 3.52. The van der Waals surface area contributed by atoms with Crippen molar-refractivity contribution >= 4 is 21.8 Å². The second-order valence-electron chi connectivity index (χ2n) is 5.33. The summed E-state index contributed by atoms with van der Waals surface area (Å²) in [6.45, 7) is 4.85. The third kappa shape index (κ3) is 5.96. The third-order valence-corrected chi connectivity index (χ3v) is 3.96. The highest BCUT2D eigenvalue weighted by molar-refractivity contribution is 9.10. The fourth-order valence-electron chi connectivity index (χ4n) is 1.93. The number of carbonyl (C=O) groups excluding carboxylic acids is 1. The Kier molecular flexibility index (Phi) is 7.57. The van der Waals surface area contributed by atoms with Crippen LogP contribution in [0.1, 0.15) is 32.3 Å². The maximum absolute atomic E-state index is 11.7. The first-order chi connectivity index (χ1) is 9.97. The van der Waals surface area contributed by atoms with Gasteiger partial charge in [-0.2, -0.15) is 0 Å². The number of carbonyl (C=O) groups is 1. The van der Waals surface area contributed by atoms with Crippen LogP contribution >= 0.6 is 15.9 Å². The topological polar surface area (TPSA) is 47.6 Å². The molecule has 0 bridgehead atoms. The number of hydrogen-bond donors (Lipinski definition) is 1. The van der Waals surface area contributed by atoms with E-state index in [1.54, 1.807) is 14.2 Å². The number of methoxy groups -OCH3 is 2. The Balaban J connectivity index is 2.54. The lowest BCUT2D eigenvalue weighted by molar-refractivity contribution is -0.121. The van der Waals surface area contributed by atoms with Crippen LogP contribution in [0.25, 0.3) is 0 Å². The molecule has 118 valence electrons. The summed E-state index contributed by atoms with van der Waals surface area (Å²) in [7, 11) is 3.22. The van der Waals surface area contributed by atoms with Crippen LogP contribution in [-0.2, 0) is 11.2 Å². The molecule has 0 aromatic heterocycles. The van der Waals surface area contributed by atoms with Crippen LogP contribution in [-0.4, -0.2) is 26.7 Å². The molecule has 5 heteroatoms. The Bertz CT molecular complexity index is 475. The van der Waals surface area contributed by atoms with E-state index in [1.807, 2.05) is 12.1 Å². The first kappa shape index (κ1) is 17.8. The molecule has 1 aromatic rings. The molecule has 1 rings (SSSR count). The van der Waals surface area contributed by atoms with Crippen molar-refractivity contribution in [2.24, 2.45) is 5.92 Å². The molecule has 0 aliphatic heterocycles. The second-order valence-corrected chi connectivity index (χ2v) is 6.19. The van der Waals surface area contributed by atoms with E-state index < -0.39 is 0 Å². The Labute approximate surface area is 135 Å². The van der Waals surface area contributed by atoms with Crippen LogP contribution in [0, 0.1) is 5.92 Å². The summed E-state index contributed by atoms with van der Waals surface area (Å²) in [5.41, 5.74) is 1.08. The standard InChI is InChI=1S/C16H24BrNO3/c1-11(2)5-6-16(19)18-8-7-12-9-14(20-3)15(21-4)10-13(12)17/h9-11H,5-8H2,1-4H3,(H,18,19). The lowest BCUT2D eigenvalue weighted by Crippen LogP contribution is -2.25. The van der Waals surface area contributed by atoms with E-state index in [-0.39, 0.29) is 5.91 Å². The molecule has 0 fully saturated rings. The van der Waals surface area contributed by atoms with Gasteiger partial charge >= 0.3 is 0 Å². The minimum atomic E-state index is 0.111. The fraction of sp³-hybridized carbons (Fsp3) is 0.562. The van der Waals surface area contributed by atoms with Gasteiger partial charge in [0.15, 0.2) is 11.5 Å². The number of amides is 1. The zero-order chi connectivity index (χ0) is 15.8. The fourth-order valence-corrected chi connectivity index (χ4v) is 2.45. The third-order valence-electron chi connectivity index (χ3n) is 3.22. The van der Waals surface area contributed by atoms with Gasteiger partial charge in [0.05, 0.1) is 14.2 Å². The first-order valence-corrected chi connectivity index (χ1v) is 7.94. The van der Waals surface area contributed by atoms with Gasteiger partial charge in [0.1, 0.15) is 0 Å². The van der Waals surface area contributed by atoms with Crippen molar-refractivity contribution in [3.05, 3.63) is 22.2 Å². The quantitative estimate of drug-likeness (QED) is 0.773. The van der Waals surface area contributed by atoms with Gasteiger partial charge in [-0.3, -0.25) is 4.79 Å². The first-order valence-electron chi connectivity index (χ1n) is 7.15. The van der Waals surface area contributed by atoms with Crippen LogP contribution in [0.4, 0.5) is 0 Å². The molecule has 21 heavy (non-hydrogen) atoms. The highest BCUT2D eigenvalue weighted by Crippen LogP contribution is 2.33. The van der Waals surface area contributed by atoms with Crippen molar-refractivity contribution < 1.29 is 14.3 Å². The summed E-state index contributed by atoms with van der Waals surface area (Å²) in [6.07, 6.45) is 2.25. The number of nitrogens with one attached hydrogen (secondary N) is 1. The van der Waals surface area contributed by atoms with E-state index >= 15 is 0 Å². The minimum Gasteiger partial charge on any atom is -0.493 e. The monoisotopic (exact) mass is 357 g/mol. The predicted molar refractivity (Wildman–Crippen MR) is 88.0 cm³/mol. The number of rotatable bonds is 8. The van der Waals surface area contributed by atoms with E-state index in [2.05, 4.69) is 35.1 Å². The van der Waals surface area contributed by atoms with Gasteiger partial charge in [-0.25, -0.2) is 0 Å². The smallest absolute Gasteiger partial charge is 0.220 e. The molecule has 1 amide bonds. The van der Waals surface area contributed by atoms with Gasteiger partial charge in [-0.15, -0.1) is 0 Å². The SMILES string of the molecule is COc1cc(Br)c(CCNC(=O)CCC(C)C)cc1OC. The summed E-state index contributed by atoms with van der Waals surface area (Å²) in [5.74, 6) is 2.05. The predicted octanol–water partition coefficient (Wildman–Crippen LogP) is 3.56. The number of hydrogen-bond acceptors (Lipinski definition) is 3. The second kappa shape index (κ2) is 8.93. The Morgan fingerprint density at radius 3 is 2.43 bits per heavy atom. The molecule has 0 atom stereocenters. The van der Waals surface area contributed by atoms with Gasteiger partial charge < -0.3 is 14.8 Å². The van der Waals surface area contributed by atoms with Crippen molar-refractivity contribution in [2.45, 2.75) is 33.1 Å². The molecular weight excluding hydrogens is 334 g/mol. The number of benzene rings is 1. The highest BCUT2D eigenvalue weighted by Gasteiger charge is 2.10. The lowest BCUT2D eigenvalue weighted by Gasteiger charge is -2.12. The van der Waals surface area contributed by atoms with Crippen molar-refractivity contribution in [2.75, 3.05) is 20.8 Å². The molecule has 1 aromatic carbocycles.